The second kappa shape index (κ2) is 4.90. The molecule has 0 unspecified atom stereocenters. The summed E-state index contributed by atoms with van der Waals surface area (Å²) in [5, 5.41) is 0. The van der Waals surface area contributed by atoms with Gasteiger partial charge in [0.1, 0.15) is 28.3 Å². The minimum Gasteiger partial charge on any atom is -0.488 e. The van der Waals surface area contributed by atoms with Gasteiger partial charge in [0.05, 0.1) is 7.11 Å². The molecule has 0 fully saturated rings. The molecule has 3 rings (SSSR count). The van der Waals surface area contributed by atoms with Gasteiger partial charge in [0.2, 0.25) is 0 Å². The van der Waals surface area contributed by atoms with Crippen molar-refractivity contribution in [1.82, 2.24) is 0 Å². The molecule has 1 aromatic rings. The van der Waals surface area contributed by atoms with E-state index in [9.17, 15) is 4.79 Å². The highest BCUT2D eigenvalue weighted by atomic mass is 16.5. The lowest BCUT2D eigenvalue weighted by Crippen LogP contribution is -2.36. The van der Waals surface area contributed by atoms with Gasteiger partial charge in [0.15, 0.2) is 0 Å². The second-order valence-electron chi connectivity index (χ2n) is 7.43. The molecule has 0 saturated heterocycles. The first kappa shape index (κ1) is 15.2. The predicted octanol–water partition coefficient (Wildman–Crippen LogP) is 3.68. The fraction of sp³-hybridized carbons (Fsp3) is 0.611. The molecule has 2 heterocycles. The number of aryl methyl sites for hydroxylation is 1. The van der Waals surface area contributed by atoms with Crippen molar-refractivity contribution < 1.29 is 19.0 Å². The van der Waals surface area contributed by atoms with Crippen LogP contribution in [0.25, 0.3) is 0 Å². The Morgan fingerprint density at radius 3 is 2.41 bits per heavy atom. The van der Waals surface area contributed by atoms with E-state index in [0.29, 0.717) is 11.3 Å². The van der Waals surface area contributed by atoms with E-state index in [2.05, 4.69) is 27.7 Å². The summed E-state index contributed by atoms with van der Waals surface area (Å²) in [5.41, 5.74) is 2.04. The number of rotatable bonds is 1. The average Bonchev–Trinajstić information content (AvgIpc) is 2.43. The third-order valence-electron chi connectivity index (χ3n) is 4.55. The molecular weight excluding hydrogens is 280 g/mol. The van der Waals surface area contributed by atoms with E-state index in [1.54, 1.807) is 0 Å². The topological polar surface area (TPSA) is 44.8 Å². The number of carbonyl (C=O) groups is 1. The van der Waals surface area contributed by atoms with Gasteiger partial charge in [-0.2, -0.15) is 0 Å². The third-order valence-corrected chi connectivity index (χ3v) is 4.55. The molecule has 0 aromatic heterocycles. The van der Waals surface area contributed by atoms with Gasteiger partial charge in [-0.3, -0.25) is 0 Å². The van der Waals surface area contributed by atoms with Gasteiger partial charge in [0, 0.05) is 5.56 Å². The summed E-state index contributed by atoms with van der Waals surface area (Å²) in [5.74, 6) is 1.15. The Bertz CT molecular complexity index is 628. The highest BCUT2D eigenvalue weighted by Crippen LogP contribution is 2.45. The summed E-state index contributed by atoms with van der Waals surface area (Å²) in [6.45, 7) is 8.26. The first-order valence-electron chi connectivity index (χ1n) is 7.87. The van der Waals surface area contributed by atoms with Crippen molar-refractivity contribution in [2.24, 2.45) is 0 Å². The van der Waals surface area contributed by atoms with E-state index in [0.717, 1.165) is 42.6 Å². The molecule has 22 heavy (non-hydrogen) atoms. The molecule has 0 saturated carbocycles. The molecule has 0 aliphatic carbocycles. The van der Waals surface area contributed by atoms with Gasteiger partial charge >= 0.3 is 5.97 Å². The molecule has 0 atom stereocenters. The molecule has 0 amide bonds. The normalized spacial score (nSPS) is 21.0. The van der Waals surface area contributed by atoms with E-state index >= 15 is 0 Å². The van der Waals surface area contributed by atoms with Crippen LogP contribution in [-0.2, 0) is 17.6 Å². The number of esters is 1. The quantitative estimate of drug-likeness (QED) is 0.742. The summed E-state index contributed by atoms with van der Waals surface area (Å²) in [6, 6.07) is 2.05. The maximum absolute atomic E-state index is 12.4. The summed E-state index contributed by atoms with van der Waals surface area (Å²) in [4.78, 5) is 12.4. The van der Waals surface area contributed by atoms with Crippen molar-refractivity contribution in [3.05, 3.63) is 22.8 Å². The smallest absolute Gasteiger partial charge is 0.342 e. The molecule has 1 aromatic carbocycles. The van der Waals surface area contributed by atoms with Crippen LogP contribution in [0, 0.1) is 0 Å². The Morgan fingerprint density at radius 1 is 1.09 bits per heavy atom. The lowest BCUT2D eigenvalue weighted by atomic mass is 9.86. The van der Waals surface area contributed by atoms with Crippen LogP contribution in [-0.4, -0.2) is 24.3 Å². The van der Waals surface area contributed by atoms with Crippen molar-refractivity contribution in [3.8, 4) is 11.5 Å². The first-order chi connectivity index (χ1) is 10.2. The van der Waals surface area contributed by atoms with Crippen LogP contribution in [0.2, 0.25) is 0 Å². The van der Waals surface area contributed by atoms with Crippen LogP contribution >= 0.6 is 0 Å². The lowest BCUT2D eigenvalue weighted by molar-refractivity contribution is 0.0533. The zero-order valence-corrected chi connectivity index (χ0v) is 14.0. The molecule has 0 bridgehead atoms. The number of carbonyl (C=O) groups excluding carboxylic acids is 1. The highest BCUT2D eigenvalue weighted by molar-refractivity contribution is 5.96. The maximum atomic E-state index is 12.4. The Kier molecular flexibility index (Phi) is 3.38. The minimum atomic E-state index is -0.339. The monoisotopic (exact) mass is 304 g/mol. The van der Waals surface area contributed by atoms with Crippen molar-refractivity contribution in [1.29, 1.82) is 0 Å². The van der Waals surface area contributed by atoms with E-state index in [4.69, 9.17) is 14.2 Å². The van der Waals surface area contributed by atoms with Crippen LogP contribution in [0.5, 0.6) is 11.5 Å². The number of hydrogen-bond acceptors (Lipinski definition) is 4. The molecule has 4 nitrogen and oxygen atoms in total. The zero-order valence-electron chi connectivity index (χ0n) is 14.0. The number of methoxy groups -OCH3 is 1. The van der Waals surface area contributed by atoms with E-state index in [1.807, 2.05) is 6.07 Å². The summed E-state index contributed by atoms with van der Waals surface area (Å²) >= 11 is 0. The molecule has 0 spiro atoms. The number of benzene rings is 1. The Morgan fingerprint density at radius 2 is 1.73 bits per heavy atom. The van der Waals surface area contributed by atoms with Gasteiger partial charge in [-0.25, -0.2) is 4.79 Å². The van der Waals surface area contributed by atoms with Gasteiger partial charge in [0.25, 0.3) is 0 Å². The van der Waals surface area contributed by atoms with E-state index < -0.39 is 0 Å². The molecule has 2 aliphatic heterocycles. The molecule has 0 N–H and O–H groups in total. The largest absolute Gasteiger partial charge is 0.488 e. The summed E-state index contributed by atoms with van der Waals surface area (Å²) in [6.07, 6.45) is 3.46. The Hall–Kier alpha value is -1.71. The van der Waals surface area contributed by atoms with Crippen LogP contribution in [0.15, 0.2) is 6.07 Å². The minimum absolute atomic E-state index is 0.205. The van der Waals surface area contributed by atoms with Gasteiger partial charge < -0.3 is 14.2 Å². The highest BCUT2D eigenvalue weighted by Gasteiger charge is 2.37. The number of fused-ring (bicyclic) bond motifs is 2. The van der Waals surface area contributed by atoms with Gasteiger partial charge in [-0.1, -0.05) is 0 Å². The molecular formula is C18H24O4. The van der Waals surface area contributed by atoms with Gasteiger partial charge in [-0.15, -0.1) is 0 Å². The fourth-order valence-corrected chi connectivity index (χ4v) is 3.23. The maximum Gasteiger partial charge on any atom is 0.342 e. The van der Waals surface area contributed by atoms with Crippen LogP contribution in [0.3, 0.4) is 0 Å². The van der Waals surface area contributed by atoms with Crippen molar-refractivity contribution in [2.75, 3.05) is 7.11 Å². The molecule has 120 valence electrons. The van der Waals surface area contributed by atoms with Crippen molar-refractivity contribution >= 4 is 5.97 Å². The van der Waals surface area contributed by atoms with Gasteiger partial charge in [-0.05, 0) is 65.0 Å². The second-order valence-corrected chi connectivity index (χ2v) is 7.43. The third kappa shape index (κ3) is 2.55. The summed E-state index contributed by atoms with van der Waals surface area (Å²) < 4.78 is 17.3. The lowest BCUT2D eigenvalue weighted by Gasteiger charge is -2.38. The van der Waals surface area contributed by atoms with E-state index in [1.165, 1.54) is 7.11 Å². The van der Waals surface area contributed by atoms with Crippen molar-refractivity contribution in [2.45, 2.75) is 64.6 Å². The first-order valence-corrected chi connectivity index (χ1v) is 7.87. The molecule has 2 aliphatic rings. The van der Waals surface area contributed by atoms with E-state index in [-0.39, 0.29) is 17.2 Å². The predicted molar refractivity (Wildman–Crippen MR) is 83.8 cm³/mol. The molecule has 4 heteroatoms. The standard InChI is InChI=1S/C18H24O4/c1-17(2)9-7-12-13(21-17)10-11-6-8-18(3,4)22-15(11)14(12)16(19)20-5/h10H,6-9H2,1-5H3. The Labute approximate surface area is 131 Å². The molecule has 0 radical (unpaired) electrons. The van der Waals surface area contributed by atoms with Crippen LogP contribution in [0.4, 0.5) is 0 Å². The SMILES string of the molecule is COC(=O)c1c2c(cc3c1OC(C)(C)CC3)OC(C)(C)CC2. The fourth-order valence-electron chi connectivity index (χ4n) is 3.23. The number of hydrogen-bond donors (Lipinski definition) is 0. The van der Waals surface area contributed by atoms with Crippen molar-refractivity contribution in [3.63, 3.8) is 0 Å². The average molecular weight is 304 g/mol. The summed E-state index contributed by atoms with van der Waals surface area (Å²) in [7, 11) is 1.41. The Balaban J connectivity index is 2.18. The zero-order chi connectivity index (χ0) is 16.1. The van der Waals surface area contributed by atoms with Crippen LogP contribution in [0.1, 0.15) is 62.0 Å². The number of ether oxygens (including phenoxy) is 3. The van der Waals surface area contributed by atoms with Crippen LogP contribution < -0.4 is 9.47 Å².